The standard InChI is InChI=1S/C22H28N2O2S2/c1-3-15-11-13-16(14-12-15)23-22(27)24-20-19(21(25)26-4-2)17-9-7-5-6-8-10-18(17)28-20/h11-14H,3-10H2,1-2H3,(H2,23,24,27). The molecule has 0 unspecified atom stereocenters. The van der Waals surface area contributed by atoms with Crippen LogP contribution in [0, 0.1) is 0 Å². The molecule has 28 heavy (non-hydrogen) atoms. The van der Waals surface area contributed by atoms with Gasteiger partial charge in [-0.05, 0) is 74.5 Å². The largest absolute Gasteiger partial charge is 0.462 e. The van der Waals surface area contributed by atoms with Gasteiger partial charge in [-0.25, -0.2) is 4.79 Å². The monoisotopic (exact) mass is 416 g/mol. The topological polar surface area (TPSA) is 50.4 Å². The predicted molar refractivity (Wildman–Crippen MR) is 122 cm³/mol. The fourth-order valence-corrected chi connectivity index (χ4v) is 5.08. The Bertz CT molecular complexity index is 828. The van der Waals surface area contributed by atoms with Crippen LogP contribution >= 0.6 is 23.6 Å². The Balaban J connectivity index is 1.81. The van der Waals surface area contributed by atoms with Crippen LogP contribution in [-0.2, 0) is 24.0 Å². The van der Waals surface area contributed by atoms with Crippen LogP contribution in [0.5, 0.6) is 0 Å². The first-order valence-corrected chi connectivity index (χ1v) is 11.3. The average molecular weight is 417 g/mol. The molecule has 3 rings (SSSR count). The first-order valence-electron chi connectivity index (χ1n) is 10.1. The van der Waals surface area contributed by atoms with Gasteiger partial charge in [-0.1, -0.05) is 31.9 Å². The average Bonchev–Trinajstić information content (AvgIpc) is 2.98. The summed E-state index contributed by atoms with van der Waals surface area (Å²) in [6, 6.07) is 8.22. The minimum Gasteiger partial charge on any atom is -0.462 e. The zero-order chi connectivity index (χ0) is 19.9. The Morgan fingerprint density at radius 3 is 2.46 bits per heavy atom. The van der Waals surface area contributed by atoms with E-state index in [2.05, 4.69) is 29.7 Å². The number of aryl methyl sites for hydroxylation is 2. The van der Waals surface area contributed by atoms with Crippen molar-refractivity contribution in [2.24, 2.45) is 0 Å². The van der Waals surface area contributed by atoms with E-state index in [0.29, 0.717) is 17.3 Å². The molecule has 2 aromatic rings. The number of thiophene rings is 1. The zero-order valence-electron chi connectivity index (χ0n) is 16.6. The van der Waals surface area contributed by atoms with E-state index in [1.165, 1.54) is 29.7 Å². The van der Waals surface area contributed by atoms with E-state index in [1.807, 2.05) is 19.1 Å². The molecule has 0 aliphatic heterocycles. The van der Waals surface area contributed by atoms with Crippen molar-refractivity contribution in [1.82, 2.24) is 0 Å². The van der Waals surface area contributed by atoms with Crippen LogP contribution in [0.15, 0.2) is 24.3 Å². The minimum absolute atomic E-state index is 0.252. The van der Waals surface area contributed by atoms with Crippen molar-refractivity contribution in [2.75, 3.05) is 17.2 Å². The summed E-state index contributed by atoms with van der Waals surface area (Å²) in [6.45, 7) is 4.34. The molecule has 0 radical (unpaired) electrons. The van der Waals surface area contributed by atoms with Crippen molar-refractivity contribution in [3.8, 4) is 0 Å². The van der Waals surface area contributed by atoms with Gasteiger partial charge in [0.05, 0.1) is 12.2 Å². The molecule has 1 aromatic carbocycles. The Labute approximate surface area is 176 Å². The molecule has 1 aliphatic rings. The molecule has 1 aliphatic carbocycles. The van der Waals surface area contributed by atoms with Crippen LogP contribution < -0.4 is 10.6 Å². The summed E-state index contributed by atoms with van der Waals surface area (Å²) in [6.07, 6.45) is 7.71. The van der Waals surface area contributed by atoms with Gasteiger partial charge in [0.2, 0.25) is 0 Å². The highest BCUT2D eigenvalue weighted by molar-refractivity contribution is 7.80. The van der Waals surface area contributed by atoms with E-state index >= 15 is 0 Å². The number of nitrogens with one attached hydrogen (secondary N) is 2. The van der Waals surface area contributed by atoms with Crippen molar-refractivity contribution in [1.29, 1.82) is 0 Å². The van der Waals surface area contributed by atoms with Gasteiger partial charge in [0.25, 0.3) is 0 Å². The molecule has 0 saturated carbocycles. The molecule has 0 atom stereocenters. The van der Waals surface area contributed by atoms with Crippen LogP contribution in [0.2, 0.25) is 0 Å². The van der Waals surface area contributed by atoms with Gasteiger partial charge < -0.3 is 15.4 Å². The number of thiocarbonyl (C=S) groups is 1. The maximum atomic E-state index is 12.7. The number of hydrogen-bond donors (Lipinski definition) is 2. The van der Waals surface area contributed by atoms with E-state index in [1.54, 1.807) is 11.3 Å². The maximum absolute atomic E-state index is 12.7. The number of anilines is 2. The lowest BCUT2D eigenvalue weighted by Crippen LogP contribution is -2.20. The molecule has 150 valence electrons. The fraction of sp³-hybridized carbons (Fsp3) is 0.455. The second kappa shape index (κ2) is 10.0. The number of carbonyl (C=O) groups excluding carboxylic acids is 1. The molecular weight excluding hydrogens is 388 g/mol. The summed E-state index contributed by atoms with van der Waals surface area (Å²) in [5.74, 6) is -0.252. The molecule has 2 N–H and O–H groups in total. The lowest BCUT2D eigenvalue weighted by molar-refractivity contribution is 0.0526. The van der Waals surface area contributed by atoms with Crippen LogP contribution in [0.4, 0.5) is 10.7 Å². The number of hydrogen-bond acceptors (Lipinski definition) is 4. The summed E-state index contributed by atoms with van der Waals surface area (Å²) in [4.78, 5) is 14.0. The highest BCUT2D eigenvalue weighted by Gasteiger charge is 2.25. The van der Waals surface area contributed by atoms with E-state index in [4.69, 9.17) is 17.0 Å². The molecule has 1 heterocycles. The highest BCUT2D eigenvalue weighted by Crippen LogP contribution is 2.37. The normalized spacial score (nSPS) is 13.8. The van der Waals surface area contributed by atoms with E-state index in [0.717, 1.165) is 41.9 Å². The van der Waals surface area contributed by atoms with Crippen LogP contribution in [0.1, 0.15) is 65.9 Å². The van der Waals surface area contributed by atoms with Crippen molar-refractivity contribution < 1.29 is 9.53 Å². The first-order chi connectivity index (χ1) is 13.6. The van der Waals surface area contributed by atoms with E-state index in [9.17, 15) is 4.79 Å². The summed E-state index contributed by atoms with van der Waals surface area (Å²) in [5.41, 5.74) is 4.05. The summed E-state index contributed by atoms with van der Waals surface area (Å²) in [7, 11) is 0. The zero-order valence-corrected chi connectivity index (χ0v) is 18.2. The lowest BCUT2D eigenvalue weighted by Gasteiger charge is -2.13. The van der Waals surface area contributed by atoms with Crippen molar-refractivity contribution in [3.05, 3.63) is 45.8 Å². The van der Waals surface area contributed by atoms with Crippen LogP contribution in [0.25, 0.3) is 0 Å². The lowest BCUT2D eigenvalue weighted by atomic mass is 9.96. The number of esters is 1. The Kier molecular flexibility index (Phi) is 7.45. The summed E-state index contributed by atoms with van der Waals surface area (Å²) in [5, 5.41) is 7.77. The third-order valence-electron chi connectivity index (χ3n) is 5.00. The van der Waals surface area contributed by atoms with Gasteiger partial charge in [0.1, 0.15) is 5.00 Å². The fourth-order valence-electron chi connectivity index (χ4n) is 3.52. The molecular formula is C22H28N2O2S2. The maximum Gasteiger partial charge on any atom is 0.341 e. The second-order valence-electron chi connectivity index (χ2n) is 6.97. The molecule has 1 aromatic heterocycles. The minimum atomic E-state index is -0.252. The molecule has 0 amide bonds. The van der Waals surface area contributed by atoms with E-state index in [-0.39, 0.29) is 5.97 Å². The van der Waals surface area contributed by atoms with Gasteiger partial charge in [-0.3, -0.25) is 0 Å². The van der Waals surface area contributed by atoms with E-state index < -0.39 is 0 Å². The first kappa shape index (κ1) is 20.8. The predicted octanol–water partition coefficient (Wildman–Crippen LogP) is 5.96. The number of ether oxygens (including phenoxy) is 1. The number of benzene rings is 1. The van der Waals surface area contributed by atoms with Gasteiger partial charge in [0, 0.05) is 10.6 Å². The Morgan fingerprint density at radius 1 is 1.07 bits per heavy atom. The summed E-state index contributed by atoms with van der Waals surface area (Å²) >= 11 is 7.16. The number of rotatable bonds is 5. The van der Waals surface area contributed by atoms with Crippen LogP contribution in [-0.4, -0.2) is 17.7 Å². The third kappa shape index (κ3) is 5.11. The smallest absolute Gasteiger partial charge is 0.341 e. The Hall–Kier alpha value is -1.92. The van der Waals surface area contributed by atoms with Crippen LogP contribution in [0.3, 0.4) is 0 Å². The molecule has 0 saturated heterocycles. The molecule has 0 bridgehead atoms. The number of carbonyl (C=O) groups is 1. The van der Waals surface area contributed by atoms with Gasteiger partial charge in [-0.15, -0.1) is 11.3 Å². The van der Waals surface area contributed by atoms with Crippen molar-refractivity contribution in [3.63, 3.8) is 0 Å². The van der Waals surface area contributed by atoms with Crippen molar-refractivity contribution in [2.45, 2.75) is 58.8 Å². The van der Waals surface area contributed by atoms with Gasteiger partial charge in [-0.2, -0.15) is 0 Å². The SMILES string of the molecule is CCOC(=O)c1c(NC(=S)Nc2ccc(CC)cc2)sc2c1CCCCCC2. The second-order valence-corrected chi connectivity index (χ2v) is 8.49. The molecule has 6 heteroatoms. The Morgan fingerprint density at radius 2 is 1.79 bits per heavy atom. The molecule has 0 spiro atoms. The number of fused-ring (bicyclic) bond motifs is 1. The molecule has 4 nitrogen and oxygen atoms in total. The highest BCUT2D eigenvalue weighted by atomic mass is 32.1. The molecule has 0 fully saturated rings. The van der Waals surface area contributed by atoms with Gasteiger partial charge in [0.15, 0.2) is 5.11 Å². The quantitative estimate of drug-likeness (QED) is 0.465. The summed E-state index contributed by atoms with van der Waals surface area (Å²) < 4.78 is 5.35. The van der Waals surface area contributed by atoms with Gasteiger partial charge >= 0.3 is 5.97 Å². The third-order valence-corrected chi connectivity index (χ3v) is 6.41. The van der Waals surface area contributed by atoms with Crippen molar-refractivity contribution >= 4 is 45.3 Å².